The number of furan rings is 1. The molecule has 3 heterocycles. The Morgan fingerprint density at radius 1 is 1.26 bits per heavy atom. The zero-order valence-electron chi connectivity index (χ0n) is 19.8. The van der Waals surface area contributed by atoms with Gasteiger partial charge in [-0.15, -0.1) is 0 Å². The van der Waals surface area contributed by atoms with Gasteiger partial charge in [0.1, 0.15) is 35.1 Å². The molecule has 8 nitrogen and oxygen atoms in total. The predicted octanol–water partition coefficient (Wildman–Crippen LogP) is 4.66. The van der Waals surface area contributed by atoms with Crippen LogP contribution >= 0.6 is 0 Å². The molecule has 2 aromatic heterocycles. The second-order valence-electron chi connectivity index (χ2n) is 8.47. The number of carbonyl (C=O) groups excluding carboxylic acids is 2. The van der Waals surface area contributed by atoms with Gasteiger partial charge in [0, 0.05) is 25.1 Å². The van der Waals surface area contributed by atoms with Crippen LogP contribution in [0.4, 0.5) is 0 Å². The smallest absolute Gasteiger partial charge is 0.341 e. The number of aromatic nitrogens is 1. The van der Waals surface area contributed by atoms with Gasteiger partial charge in [-0.2, -0.15) is 0 Å². The fraction of sp³-hybridized carbons (Fsp3) is 0.346. The van der Waals surface area contributed by atoms with E-state index in [1.54, 1.807) is 35.4 Å². The molecule has 1 amide bonds. The van der Waals surface area contributed by atoms with Crippen molar-refractivity contribution in [3.05, 3.63) is 76.4 Å². The van der Waals surface area contributed by atoms with Gasteiger partial charge in [0.2, 0.25) is 5.91 Å². The van der Waals surface area contributed by atoms with Gasteiger partial charge in [-0.3, -0.25) is 4.79 Å². The molecule has 0 atom stereocenters. The first-order chi connectivity index (χ1) is 16.4. The number of amides is 1. The average Bonchev–Trinajstić information content (AvgIpc) is 3.49. The van der Waals surface area contributed by atoms with Crippen LogP contribution in [0.25, 0.3) is 6.08 Å². The molecule has 1 aliphatic rings. The first kappa shape index (κ1) is 23.4. The zero-order valence-corrected chi connectivity index (χ0v) is 19.8. The highest BCUT2D eigenvalue weighted by atomic mass is 16.5. The Hall–Kier alpha value is -3.81. The normalized spacial score (nSPS) is 13.4. The van der Waals surface area contributed by atoms with E-state index >= 15 is 0 Å². The molecule has 0 radical (unpaired) electrons. The number of aryl methyl sites for hydroxylation is 1. The molecule has 0 saturated carbocycles. The van der Waals surface area contributed by atoms with Crippen LogP contribution in [0.5, 0.6) is 5.75 Å². The van der Waals surface area contributed by atoms with E-state index in [9.17, 15) is 9.59 Å². The number of methoxy groups -OCH3 is 1. The maximum atomic E-state index is 12.7. The van der Waals surface area contributed by atoms with Crippen molar-refractivity contribution in [1.82, 2.24) is 9.88 Å². The molecule has 0 aliphatic carbocycles. The number of benzene rings is 1. The van der Waals surface area contributed by atoms with Crippen molar-refractivity contribution >= 4 is 18.0 Å². The van der Waals surface area contributed by atoms with Crippen LogP contribution in [0.1, 0.15) is 64.4 Å². The SMILES string of the molecule is COC(=O)c1cc2c(cc1OCc1nc(C(C)C)oc1C)CN(C(=O)/C=C/c1ccco1)CC2. The molecule has 1 aromatic carbocycles. The number of fused-ring (bicyclic) bond motifs is 1. The summed E-state index contributed by atoms with van der Waals surface area (Å²) in [4.78, 5) is 31.4. The highest BCUT2D eigenvalue weighted by Gasteiger charge is 2.24. The quantitative estimate of drug-likeness (QED) is 0.371. The number of oxazole rings is 1. The standard InChI is InChI=1S/C26H28N2O6/c1-16(2)25-27-22(17(3)34-25)15-33-23-13-19-14-28(24(29)8-7-20-6-5-11-32-20)10-9-18(19)12-21(23)26(30)31-4/h5-8,11-13,16H,9-10,14-15H2,1-4H3/b8-7+. The van der Waals surface area contributed by atoms with Crippen LogP contribution in [-0.4, -0.2) is 35.4 Å². The monoisotopic (exact) mass is 464 g/mol. The van der Waals surface area contributed by atoms with Crippen molar-refractivity contribution in [3.63, 3.8) is 0 Å². The van der Waals surface area contributed by atoms with Crippen molar-refractivity contribution in [1.29, 1.82) is 0 Å². The highest BCUT2D eigenvalue weighted by molar-refractivity contribution is 5.93. The Morgan fingerprint density at radius 3 is 2.76 bits per heavy atom. The summed E-state index contributed by atoms with van der Waals surface area (Å²) >= 11 is 0. The van der Waals surface area contributed by atoms with Crippen LogP contribution in [0, 0.1) is 6.92 Å². The molecule has 34 heavy (non-hydrogen) atoms. The van der Waals surface area contributed by atoms with E-state index in [0.29, 0.717) is 53.9 Å². The first-order valence-electron chi connectivity index (χ1n) is 11.2. The number of ether oxygens (including phenoxy) is 2. The minimum absolute atomic E-state index is 0.110. The van der Waals surface area contributed by atoms with E-state index < -0.39 is 5.97 Å². The fourth-order valence-electron chi connectivity index (χ4n) is 3.79. The lowest BCUT2D eigenvalue weighted by Crippen LogP contribution is -2.35. The van der Waals surface area contributed by atoms with E-state index in [4.69, 9.17) is 18.3 Å². The molecule has 0 saturated heterocycles. The fourth-order valence-corrected chi connectivity index (χ4v) is 3.79. The van der Waals surface area contributed by atoms with Crippen LogP contribution in [0.15, 0.2) is 45.4 Å². The third kappa shape index (κ3) is 5.06. The summed E-state index contributed by atoms with van der Waals surface area (Å²) in [5, 5.41) is 0. The summed E-state index contributed by atoms with van der Waals surface area (Å²) in [6.45, 7) is 6.96. The molecule has 0 N–H and O–H groups in total. The van der Waals surface area contributed by atoms with Gasteiger partial charge in [-0.1, -0.05) is 13.8 Å². The molecule has 0 fully saturated rings. The van der Waals surface area contributed by atoms with E-state index in [2.05, 4.69) is 4.98 Å². The lowest BCUT2D eigenvalue weighted by Gasteiger charge is -2.29. The molecule has 0 spiro atoms. The van der Waals surface area contributed by atoms with Crippen LogP contribution in [0.2, 0.25) is 0 Å². The minimum Gasteiger partial charge on any atom is -0.486 e. The second kappa shape index (κ2) is 9.99. The molecule has 178 valence electrons. The van der Waals surface area contributed by atoms with E-state index in [1.807, 2.05) is 26.8 Å². The van der Waals surface area contributed by atoms with Gasteiger partial charge in [0.15, 0.2) is 5.89 Å². The third-order valence-electron chi connectivity index (χ3n) is 5.73. The molecule has 0 unspecified atom stereocenters. The average molecular weight is 465 g/mol. The summed E-state index contributed by atoms with van der Waals surface area (Å²) in [5.74, 6) is 1.91. The summed E-state index contributed by atoms with van der Waals surface area (Å²) in [5.41, 5.74) is 2.95. The molecular weight excluding hydrogens is 436 g/mol. The van der Waals surface area contributed by atoms with Crippen LogP contribution in [-0.2, 0) is 29.1 Å². The van der Waals surface area contributed by atoms with Crippen LogP contribution < -0.4 is 4.74 Å². The third-order valence-corrected chi connectivity index (χ3v) is 5.73. The summed E-state index contributed by atoms with van der Waals surface area (Å²) in [6.07, 6.45) is 5.34. The molecule has 3 aromatic rings. The molecule has 1 aliphatic heterocycles. The Morgan fingerprint density at radius 2 is 2.09 bits per heavy atom. The molecule has 8 heteroatoms. The number of nitrogens with zero attached hydrogens (tertiary/aromatic N) is 2. The number of rotatable bonds is 7. The van der Waals surface area contributed by atoms with Crippen molar-refractivity contribution in [2.24, 2.45) is 0 Å². The Bertz CT molecular complexity index is 1210. The lowest BCUT2D eigenvalue weighted by molar-refractivity contribution is -0.126. The van der Waals surface area contributed by atoms with Gasteiger partial charge in [0.05, 0.1) is 13.4 Å². The zero-order chi connectivity index (χ0) is 24.2. The number of hydrogen-bond acceptors (Lipinski definition) is 7. The number of carbonyl (C=O) groups is 2. The largest absolute Gasteiger partial charge is 0.486 e. The Kier molecular flexibility index (Phi) is 6.86. The van der Waals surface area contributed by atoms with Crippen molar-refractivity contribution in [3.8, 4) is 5.75 Å². The van der Waals surface area contributed by atoms with E-state index in [-0.39, 0.29) is 18.4 Å². The first-order valence-corrected chi connectivity index (χ1v) is 11.2. The van der Waals surface area contributed by atoms with Crippen molar-refractivity contribution in [2.75, 3.05) is 13.7 Å². The highest BCUT2D eigenvalue weighted by Crippen LogP contribution is 2.30. The van der Waals surface area contributed by atoms with Gasteiger partial charge in [-0.25, -0.2) is 9.78 Å². The maximum absolute atomic E-state index is 12.7. The van der Waals surface area contributed by atoms with Gasteiger partial charge < -0.3 is 23.2 Å². The molecule has 4 rings (SSSR count). The predicted molar refractivity (Wildman–Crippen MR) is 124 cm³/mol. The second-order valence-corrected chi connectivity index (χ2v) is 8.47. The summed E-state index contributed by atoms with van der Waals surface area (Å²) in [6, 6.07) is 7.17. The van der Waals surface area contributed by atoms with Gasteiger partial charge in [-0.05, 0) is 54.8 Å². The van der Waals surface area contributed by atoms with Gasteiger partial charge in [0.25, 0.3) is 0 Å². The Balaban J connectivity index is 1.55. The van der Waals surface area contributed by atoms with Crippen molar-refractivity contribution < 1.29 is 27.9 Å². The van der Waals surface area contributed by atoms with Crippen LogP contribution in [0.3, 0.4) is 0 Å². The van der Waals surface area contributed by atoms with Crippen molar-refractivity contribution in [2.45, 2.75) is 46.3 Å². The maximum Gasteiger partial charge on any atom is 0.341 e. The van der Waals surface area contributed by atoms with E-state index in [0.717, 1.165) is 11.1 Å². The number of hydrogen-bond donors (Lipinski definition) is 0. The minimum atomic E-state index is -0.475. The number of esters is 1. The lowest BCUT2D eigenvalue weighted by atomic mass is 9.96. The summed E-state index contributed by atoms with van der Waals surface area (Å²) in [7, 11) is 1.34. The Labute approximate surface area is 198 Å². The molecule has 0 bridgehead atoms. The summed E-state index contributed by atoms with van der Waals surface area (Å²) < 4.78 is 21.9. The van der Waals surface area contributed by atoms with Gasteiger partial charge >= 0.3 is 5.97 Å². The van der Waals surface area contributed by atoms with E-state index in [1.165, 1.54) is 13.2 Å². The molecular formula is C26H28N2O6. The topological polar surface area (TPSA) is 95.0 Å².